The Morgan fingerprint density at radius 2 is 0.735 bits per heavy atom. The van der Waals surface area contributed by atoms with E-state index in [-0.39, 0.29) is 0 Å². The molecule has 49 heavy (non-hydrogen) atoms. The monoisotopic (exact) mass is 626 g/mol. The maximum Gasteiger partial charge on any atom is 0.164 e. The highest BCUT2D eigenvalue weighted by molar-refractivity contribution is 6.10. The van der Waals surface area contributed by atoms with E-state index in [1.54, 1.807) is 0 Å². The molecule has 0 unspecified atom stereocenters. The third kappa shape index (κ3) is 5.35. The van der Waals surface area contributed by atoms with Crippen LogP contribution in [0.1, 0.15) is 0 Å². The normalized spacial score (nSPS) is 11.3. The van der Waals surface area contributed by atoms with Gasteiger partial charge in [0.2, 0.25) is 0 Å². The Morgan fingerprint density at radius 1 is 0.286 bits per heavy atom. The Labute approximate surface area is 284 Å². The second-order valence-corrected chi connectivity index (χ2v) is 12.1. The van der Waals surface area contributed by atoms with Gasteiger partial charge in [0.15, 0.2) is 17.5 Å². The Morgan fingerprint density at radius 3 is 1.33 bits per heavy atom. The molecule has 0 bridgehead atoms. The van der Waals surface area contributed by atoms with E-state index in [2.05, 4.69) is 126 Å². The molecule has 0 aliphatic heterocycles. The van der Waals surface area contributed by atoms with E-state index in [0.29, 0.717) is 17.5 Å². The fourth-order valence-electron chi connectivity index (χ4n) is 6.66. The average Bonchev–Trinajstić information content (AvgIpc) is 3.52. The van der Waals surface area contributed by atoms with Crippen LogP contribution in [-0.4, -0.2) is 19.5 Å². The molecule has 9 aromatic rings. The van der Waals surface area contributed by atoms with Gasteiger partial charge in [-0.25, -0.2) is 15.0 Å². The molecule has 0 amide bonds. The van der Waals surface area contributed by atoms with Crippen LogP contribution >= 0.6 is 0 Å². The maximum absolute atomic E-state index is 5.10. The number of benzene rings is 7. The van der Waals surface area contributed by atoms with Gasteiger partial charge in [-0.1, -0.05) is 152 Å². The predicted molar refractivity (Wildman–Crippen MR) is 201 cm³/mol. The second kappa shape index (κ2) is 12.2. The lowest BCUT2D eigenvalue weighted by Crippen LogP contribution is -2.01. The van der Waals surface area contributed by atoms with Gasteiger partial charge in [0, 0.05) is 33.2 Å². The average molecular weight is 627 g/mol. The largest absolute Gasteiger partial charge is 0.309 e. The maximum atomic E-state index is 5.10. The summed E-state index contributed by atoms with van der Waals surface area (Å²) >= 11 is 0. The first-order valence-corrected chi connectivity index (χ1v) is 16.5. The Hall–Kier alpha value is -6.65. The molecule has 0 fully saturated rings. The minimum Gasteiger partial charge on any atom is -0.309 e. The number of nitrogens with zero attached hydrogens (tertiary/aromatic N) is 4. The van der Waals surface area contributed by atoms with Crippen LogP contribution in [0.5, 0.6) is 0 Å². The van der Waals surface area contributed by atoms with Crippen molar-refractivity contribution in [1.82, 2.24) is 19.5 Å². The molecule has 0 atom stereocenters. The van der Waals surface area contributed by atoms with Crippen molar-refractivity contribution in [3.63, 3.8) is 0 Å². The molecule has 9 rings (SSSR count). The molecule has 0 N–H and O–H groups in total. The minimum atomic E-state index is 0.623. The Bertz CT molecular complexity index is 2520. The quantitative estimate of drug-likeness (QED) is 0.184. The summed E-state index contributed by atoms with van der Waals surface area (Å²) in [5.74, 6) is 1.90. The van der Waals surface area contributed by atoms with Crippen LogP contribution in [0.3, 0.4) is 0 Å². The molecular formula is C45H30N4. The van der Waals surface area contributed by atoms with Gasteiger partial charge in [-0.2, -0.15) is 0 Å². The summed E-state index contributed by atoms with van der Waals surface area (Å²) in [5.41, 5.74) is 10.7. The number of para-hydroxylation sites is 1. The molecule has 0 spiro atoms. The van der Waals surface area contributed by atoms with E-state index in [4.69, 9.17) is 15.0 Å². The highest BCUT2D eigenvalue weighted by Gasteiger charge is 2.18. The third-order valence-electron chi connectivity index (χ3n) is 9.02. The molecule has 0 radical (unpaired) electrons. The lowest BCUT2D eigenvalue weighted by atomic mass is 10.0. The number of fused-ring (bicyclic) bond motifs is 3. The minimum absolute atomic E-state index is 0.623. The number of aromatic nitrogens is 4. The molecule has 0 aliphatic rings. The molecule has 0 saturated carbocycles. The zero-order valence-corrected chi connectivity index (χ0v) is 26.6. The van der Waals surface area contributed by atoms with Crippen LogP contribution in [0.15, 0.2) is 182 Å². The lowest BCUT2D eigenvalue weighted by molar-refractivity contribution is 1.07. The SMILES string of the molecule is c1ccc(-c2cc(-c3nc(-c4ccccc4)nc(-c4ccccc4)n3)cc(-n3c4ccccc4c4ccc(-c5ccccc5)cc43)c2)cc1. The number of rotatable bonds is 6. The van der Waals surface area contributed by atoms with E-state index < -0.39 is 0 Å². The summed E-state index contributed by atoms with van der Waals surface area (Å²) in [4.78, 5) is 15.2. The first kappa shape index (κ1) is 28.6. The zero-order valence-electron chi connectivity index (χ0n) is 26.6. The fourth-order valence-corrected chi connectivity index (χ4v) is 6.66. The van der Waals surface area contributed by atoms with E-state index in [9.17, 15) is 0 Å². The third-order valence-corrected chi connectivity index (χ3v) is 9.02. The standard InChI is InChI=1S/C45H30N4/c1-5-15-31(16-6-1)35-25-26-40-39-23-13-14-24-41(39)49(42(40)30-35)38-28-36(32-17-7-2-8-18-32)27-37(29-38)45-47-43(33-19-9-3-10-20-33)46-44(48-45)34-21-11-4-12-22-34/h1-30H. The Balaban J connectivity index is 1.32. The Kier molecular flexibility index (Phi) is 7.10. The van der Waals surface area contributed by atoms with Crippen molar-refractivity contribution in [2.24, 2.45) is 0 Å². The zero-order chi connectivity index (χ0) is 32.6. The molecule has 0 aliphatic carbocycles. The summed E-state index contributed by atoms with van der Waals surface area (Å²) in [6.45, 7) is 0. The molecule has 7 aromatic carbocycles. The van der Waals surface area contributed by atoms with Crippen molar-refractivity contribution < 1.29 is 0 Å². The van der Waals surface area contributed by atoms with E-state index in [1.165, 1.54) is 21.9 Å². The van der Waals surface area contributed by atoms with Crippen LogP contribution in [0, 0.1) is 0 Å². The summed E-state index contributed by atoms with van der Waals surface area (Å²) in [6.07, 6.45) is 0. The molecule has 2 aromatic heterocycles. The van der Waals surface area contributed by atoms with Crippen molar-refractivity contribution in [3.8, 4) is 62.1 Å². The second-order valence-electron chi connectivity index (χ2n) is 12.1. The highest BCUT2D eigenvalue weighted by atomic mass is 15.0. The molecule has 230 valence electrons. The van der Waals surface area contributed by atoms with E-state index in [1.807, 2.05) is 60.7 Å². The molecule has 4 heteroatoms. The van der Waals surface area contributed by atoms with Crippen LogP contribution in [-0.2, 0) is 0 Å². The summed E-state index contributed by atoms with van der Waals surface area (Å²) in [7, 11) is 0. The molecule has 0 saturated heterocycles. The summed E-state index contributed by atoms with van der Waals surface area (Å²) in [6, 6.07) is 63.5. The van der Waals surface area contributed by atoms with Crippen molar-refractivity contribution >= 4 is 21.8 Å². The fraction of sp³-hybridized carbons (Fsp3) is 0. The molecule has 2 heterocycles. The molecular weight excluding hydrogens is 597 g/mol. The van der Waals surface area contributed by atoms with E-state index in [0.717, 1.165) is 44.5 Å². The number of hydrogen-bond donors (Lipinski definition) is 0. The first-order valence-electron chi connectivity index (χ1n) is 16.5. The van der Waals surface area contributed by atoms with Gasteiger partial charge in [0.25, 0.3) is 0 Å². The smallest absolute Gasteiger partial charge is 0.164 e. The number of hydrogen-bond acceptors (Lipinski definition) is 3. The van der Waals surface area contributed by atoms with Crippen molar-refractivity contribution in [2.45, 2.75) is 0 Å². The van der Waals surface area contributed by atoms with Crippen LogP contribution in [0.25, 0.3) is 83.9 Å². The van der Waals surface area contributed by atoms with Gasteiger partial charge in [-0.3, -0.25) is 0 Å². The van der Waals surface area contributed by atoms with Crippen molar-refractivity contribution in [2.75, 3.05) is 0 Å². The first-order chi connectivity index (χ1) is 24.3. The van der Waals surface area contributed by atoms with Gasteiger partial charge in [-0.15, -0.1) is 0 Å². The van der Waals surface area contributed by atoms with Gasteiger partial charge >= 0.3 is 0 Å². The van der Waals surface area contributed by atoms with Crippen LogP contribution < -0.4 is 0 Å². The van der Waals surface area contributed by atoms with Gasteiger partial charge in [-0.05, 0) is 52.6 Å². The van der Waals surface area contributed by atoms with Crippen LogP contribution in [0.4, 0.5) is 0 Å². The summed E-state index contributed by atoms with van der Waals surface area (Å²) < 4.78 is 2.38. The van der Waals surface area contributed by atoms with E-state index >= 15 is 0 Å². The van der Waals surface area contributed by atoms with Gasteiger partial charge in [0.05, 0.1) is 11.0 Å². The van der Waals surface area contributed by atoms with Gasteiger partial charge in [0.1, 0.15) is 0 Å². The highest BCUT2D eigenvalue weighted by Crippen LogP contribution is 2.37. The van der Waals surface area contributed by atoms with Crippen LogP contribution in [0.2, 0.25) is 0 Å². The summed E-state index contributed by atoms with van der Waals surface area (Å²) in [5, 5.41) is 2.42. The topological polar surface area (TPSA) is 43.6 Å². The molecule has 4 nitrogen and oxygen atoms in total. The van der Waals surface area contributed by atoms with Crippen molar-refractivity contribution in [1.29, 1.82) is 0 Å². The lowest BCUT2D eigenvalue weighted by Gasteiger charge is -2.15. The predicted octanol–water partition coefficient (Wildman–Crippen LogP) is 11.3. The van der Waals surface area contributed by atoms with Crippen molar-refractivity contribution in [3.05, 3.63) is 182 Å². The van der Waals surface area contributed by atoms with Gasteiger partial charge < -0.3 is 4.57 Å².